The summed E-state index contributed by atoms with van der Waals surface area (Å²) in [7, 11) is 1.67. The van der Waals surface area contributed by atoms with Gasteiger partial charge in [0.25, 0.3) is 11.5 Å². The number of piperidine rings is 1. The number of aryl methyl sites for hydroxylation is 1. The van der Waals surface area contributed by atoms with Crippen molar-refractivity contribution < 1.29 is 18.0 Å². The molecule has 0 radical (unpaired) electrons. The standard InChI is InChI=1S/C24H24F3N3O2/c1-29-21-8-3-2-7-19(21)20(14-22(29)31)23(32)28-18-9-11-30(12-10-18)15-16-5-4-6-17(13-16)24(25,26)27/h2-8,13-14,18H,9-12,15H2,1H3,(H,28,32). The molecule has 1 N–H and O–H groups in total. The number of aromatic nitrogens is 1. The molecule has 1 saturated heterocycles. The lowest BCUT2D eigenvalue weighted by Gasteiger charge is -2.32. The Morgan fingerprint density at radius 1 is 1.06 bits per heavy atom. The highest BCUT2D eigenvalue weighted by molar-refractivity contribution is 6.06. The average Bonchev–Trinajstić information content (AvgIpc) is 2.77. The maximum Gasteiger partial charge on any atom is 0.416 e. The van der Waals surface area contributed by atoms with Gasteiger partial charge in [0.05, 0.1) is 16.6 Å². The van der Waals surface area contributed by atoms with E-state index in [-0.39, 0.29) is 17.5 Å². The molecule has 1 fully saturated rings. The van der Waals surface area contributed by atoms with Crippen molar-refractivity contribution in [3.8, 4) is 0 Å². The Kier molecular flexibility index (Phi) is 6.06. The second-order valence-electron chi connectivity index (χ2n) is 8.19. The molecule has 4 rings (SSSR count). The molecule has 3 aromatic rings. The first-order valence-corrected chi connectivity index (χ1v) is 10.5. The van der Waals surface area contributed by atoms with Crippen molar-refractivity contribution >= 4 is 16.8 Å². The molecule has 32 heavy (non-hydrogen) atoms. The second-order valence-corrected chi connectivity index (χ2v) is 8.19. The summed E-state index contributed by atoms with van der Waals surface area (Å²) >= 11 is 0. The zero-order valence-electron chi connectivity index (χ0n) is 17.7. The number of amides is 1. The third kappa shape index (κ3) is 4.70. The summed E-state index contributed by atoms with van der Waals surface area (Å²) in [5, 5.41) is 3.74. The molecule has 168 valence electrons. The summed E-state index contributed by atoms with van der Waals surface area (Å²) in [6.07, 6.45) is -2.98. The van der Waals surface area contributed by atoms with Gasteiger partial charge >= 0.3 is 6.18 Å². The minimum Gasteiger partial charge on any atom is -0.349 e. The van der Waals surface area contributed by atoms with E-state index in [1.54, 1.807) is 19.2 Å². The number of nitrogens with one attached hydrogen (secondary N) is 1. The number of rotatable bonds is 4. The number of benzene rings is 2. The van der Waals surface area contributed by atoms with E-state index in [2.05, 4.69) is 10.2 Å². The van der Waals surface area contributed by atoms with Gasteiger partial charge in [0, 0.05) is 44.2 Å². The molecular weight excluding hydrogens is 419 g/mol. The van der Waals surface area contributed by atoms with Crippen molar-refractivity contribution in [1.29, 1.82) is 0 Å². The number of para-hydroxylation sites is 1. The maximum atomic E-state index is 12.9. The number of alkyl halides is 3. The summed E-state index contributed by atoms with van der Waals surface area (Å²) < 4.78 is 40.3. The Balaban J connectivity index is 1.39. The van der Waals surface area contributed by atoms with E-state index in [4.69, 9.17) is 0 Å². The van der Waals surface area contributed by atoms with E-state index in [0.717, 1.165) is 6.07 Å². The van der Waals surface area contributed by atoms with Gasteiger partial charge in [-0.15, -0.1) is 0 Å². The molecule has 0 spiro atoms. The van der Waals surface area contributed by atoms with Crippen LogP contribution in [0.3, 0.4) is 0 Å². The number of halogens is 3. The molecule has 1 aromatic heterocycles. The van der Waals surface area contributed by atoms with Crippen molar-refractivity contribution in [2.75, 3.05) is 13.1 Å². The fourth-order valence-electron chi connectivity index (χ4n) is 4.20. The fourth-order valence-corrected chi connectivity index (χ4v) is 4.20. The number of hydrogen-bond acceptors (Lipinski definition) is 3. The Labute approximate surface area is 183 Å². The predicted octanol–water partition coefficient (Wildman–Crippen LogP) is 3.95. The number of fused-ring (bicyclic) bond motifs is 1. The van der Waals surface area contributed by atoms with Gasteiger partial charge in [-0.05, 0) is 30.5 Å². The van der Waals surface area contributed by atoms with E-state index in [0.29, 0.717) is 54.5 Å². The first-order valence-electron chi connectivity index (χ1n) is 10.5. The van der Waals surface area contributed by atoms with Crippen LogP contribution < -0.4 is 10.9 Å². The summed E-state index contributed by atoms with van der Waals surface area (Å²) in [6.45, 7) is 1.76. The summed E-state index contributed by atoms with van der Waals surface area (Å²) in [4.78, 5) is 27.3. The predicted molar refractivity (Wildman–Crippen MR) is 116 cm³/mol. The molecule has 0 bridgehead atoms. The van der Waals surface area contributed by atoms with Gasteiger partial charge in [-0.25, -0.2) is 0 Å². The quantitative estimate of drug-likeness (QED) is 0.664. The van der Waals surface area contributed by atoms with Crippen molar-refractivity contribution in [3.05, 3.63) is 81.6 Å². The van der Waals surface area contributed by atoms with E-state index in [1.807, 2.05) is 18.2 Å². The van der Waals surface area contributed by atoms with Gasteiger partial charge in [-0.3, -0.25) is 14.5 Å². The molecule has 1 amide bonds. The SMILES string of the molecule is Cn1c(=O)cc(C(=O)NC2CCN(Cc3cccc(C(F)(F)F)c3)CC2)c2ccccc21. The summed E-state index contributed by atoms with van der Waals surface area (Å²) in [5.41, 5.74) is 0.785. The topological polar surface area (TPSA) is 54.3 Å². The molecular formula is C24H24F3N3O2. The van der Waals surface area contributed by atoms with Crippen LogP contribution in [0.25, 0.3) is 10.9 Å². The number of pyridine rings is 1. The molecule has 0 aliphatic carbocycles. The highest BCUT2D eigenvalue weighted by Gasteiger charge is 2.30. The molecule has 1 aliphatic rings. The minimum atomic E-state index is -4.35. The second kappa shape index (κ2) is 8.78. The lowest BCUT2D eigenvalue weighted by Crippen LogP contribution is -2.44. The first-order chi connectivity index (χ1) is 15.2. The summed E-state index contributed by atoms with van der Waals surface area (Å²) in [6, 6.07) is 14.0. The van der Waals surface area contributed by atoms with Crippen LogP contribution >= 0.6 is 0 Å². The largest absolute Gasteiger partial charge is 0.416 e. The van der Waals surface area contributed by atoms with Crippen molar-refractivity contribution in [1.82, 2.24) is 14.8 Å². The molecule has 2 heterocycles. The molecule has 0 unspecified atom stereocenters. The third-order valence-electron chi connectivity index (χ3n) is 5.98. The first kappa shape index (κ1) is 22.1. The lowest BCUT2D eigenvalue weighted by atomic mass is 10.0. The van der Waals surface area contributed by atoms with Crippen LogP contribution in [0.4, 0.5) is 13.2 Å². The van der Waals surface area contributed by atoms with Crippen LogP contribution in [0.1, 0.15) is 34.3 Å². The molecule has 8 heteroatoms. The third-order valence-corrected chi connectivity index (χ3v) is 5.98. The molecule has 2 aromatic carbocycles. The van der Waals surface area contributed by atoms with E-state index >= 15 is 0 Å². The van der Waals surface area contributed by atoms with Crippen LogP contribution in [0, 0.1) is 0 Å². The van der Waals surface area contributed by atoms with Crippen LogP contribution in [0.15, 0.2) is 59.4 Å². The average molecular weight is 443 g/mol. The Morgan fingerprint density at radius 2 is 1.78 bits per heavy atom. The zero-order chi connectivity index (χ0) is 22.9. The number of nitrogens with zero attached hydrogens (tertiary/aromatic N) is 2. The Morgan fingerprint density at radius 3 is 2.50 bits per heavy atom. The smallest absolute Gasteiger partial charge is 0.349 e. The van der Waals surface area contributed by atoms with Crippen molar-refractivity contribution in [2.24, 2.45) is 7.05 Å². The fraction of sp³-hybridized carbons (Fsp3) is 0.333. The highest BCUT2D eigenvalue weighted by Crippen LogP contribution is 2.30. The van der Waals surface area contributed by atoms with Gasteiger partial charge in [-0.1, -0.05) is 36.4 Å². The van der Waals surface area contributed by atoms with E-state index < -0.39 is 11.7 Å². The number of hydrogen-bond donors (Lipinski definition) is 1. The Hall–Kier alpha value is -3.13. The lowest BCUT2D eigenvalue weighted by molar-refractivity contribution is -0.137. The normalized spacial score (nSPS) is 15.8. The zero-order valence-corrected chi connectivity index (χ0v) is 17.7. The van der Waals surface area contributed by atoms with Crippen LogP contribution in [0.2, 0.25) is 0 Å². The van der Waals surface area contributed by atoms with E-state index in [1.165, 1.54) is 22.8 Å². The highest BCUT2D eigenvalue weighted by atomic mass is 19.4. The number of carbonyl (C=O) groups excluding carboxylic acids is 1. The molecule has 1 aliphatic heterocycles. The molecule has 0 saturated carbocycles. The monoisotopic (exact) mass is 443 g/mol. The number of carbonyl (C=O) groups is 1. The van der Waals surface area contributed by atoms with Gasteiger partial charge in [0.1, 0.15) is 0 Å². The van der Waals surface area contributed by atoms with Gasteiger partial charge in [0.15, 0.2) is 0 Å². The van der Waals surface area contributed by atoms with Gasteiger partial charge in [-0.2, -0.15) is 13.2 Å². The van der Waals surface area contributed by atoms with Crippen LogP contribution in [-0.2, 0) is 19.8 Å². The maximum absolute atomic E-state index is 12.9. The van der Waals surface area contributed by atoms with E-state index in [9.17, 15) is 22.8 Å². The van der Waals surface area contributed by atoms with Crippen LogP contribution in [-0.4, -0.2) is 34.5 Å². The van der Waals surface area contributed by atoms with Crippen molar-refractivity contribution in [2.45, 2.75) is 31.6 Å². The summed E-state index contributed by atoms with van der Waals surface area (Å²) in [5.74, 6) is -0.282. The van der Waals surface area contributed by atoms with Gasteiger partial charge in [0.2, 0.25) is 0 Å². The van der Waals surface area contributed by atoms with Gasteiger partial charge < -0.3 is 9.88 Å². The molecule has 0 atom stereocenters. The minimum absolute atomic E-state index is 0.0527. The number of likely N-dealkylation sites (tertiary alicyclic amines) is 1. The Bertz CT molecular complexity index is 1200. The molecule has 5 nitrogen and oxygen atoms in total. The van der Waals surface area contributed by atoms with Crippen molar-refractivity contribution in [3.63, 3.8) is 0 Å². The van der Waals surface area contributed by atoms with Crippen LogP contribution in [0.5, 0.6) is 0 Å².